The van der Waals surface area contributed by atoms with Gasteiger partial charge in [0.2, 0.25) is 0 Å². The molecule has 2 aromatic rings. The van der Waals surface area contributed by atoms with Crippen molar-refractivity contribution in [1.82, 2.24) is 5.43 Å². The van der Waals surface area contributed by atoms with Crippen LogP contribution >= 0.6 is 11.6 Å². The highest BCUT2D eigenvalue weighted by atomic mass is 35.5. The third kappa shape index (κ3) is 5.67. The van der Waals surface area contributed by atoms with Crippen LogP contribution in [-0.2, 0) is 4.79 Å². The summed E-state index contributed by atoms with van der Waals surface area (Å²) in [6.07, 6.45) is 1.39. The summed E-state index contributed by atoms with van der Waals surface area (Å²) in [6, 6.07) is 11.1. The van der Waals surface area contributed by atoms with Gasteiger partial charge in [-0.1, -0.05) is 23.7 Å². The minimum absolute atomic E-state index is 0.224. The molecule has 0 unspecified atom stereocenters. The van der Waals surface area contributed by atoms with Gasteiger partial charge in [-0.15, -0.1) is 0 Å². The van der Waals surface area contributed by atoms with Crippen LogP contribution in [0, 0.1) is 0 Å². The van der Waals surface area contributed by atoms with Gasteiger partial charge in [0.25, 0.3) is 5.91 Å². The van der Waals surface area contributed by atoms with Crippen molar-refractivity contribution in [2.45, 2.75) is 0 Å². The van der Waals surface area contributed by atoms with E-state index in [1.807, 2.05) is 0 Å². The number of nitrogens with one attached hydrogen (secondary N) is 2. The first-order chi connectivity index (χ1) is 12.5. The Labute approximate surface area is 154 Å². The number of hydrogen-bond acceptors (Lipinski definition) is 5. The number of carbonyl (C=O) groups excluding carboxylic acids is 2. The molecule has 26 heavy (non-hydrogen) atoms. The van der Waals surface area contributed by atoms with Crippen LogP contribution in [0.15, 0.2) is 47.6 Å². The molecule has 8 nitrogen and oxygen atoms in total. The Kier molecular flexibility index (Phi) is 6.81. The van der Waals surface area contributed by atoms with Crippen LogP contribution < -0.4 is 25.9 Å². The lowest BCUT2D eigenvalue weighted by molar-refractivity contribution is -0.118. The maximum Gasteiger partial charge on any atom is 0.332 e. The lowest BCUT2D eigenvalue weighted by Gasteiger charge is -2.12. The van der Waals surface area contributed by atoms with Crippen LogP contribution in [-0.4, -0.2) is 31.9 Å². The number of methoxy groups -OCH3 is 1. The molecule has 2 rings (SSSR count). The molecule has 9 heteroatoms. The molecule has 0 aromatic heterocycles. The first-order valence-corrected chi connectivity index (χ1v) is 7.81. The Morgan fingerprint density at radius 3 is 2.69 bits per heavy atom. The van der Waals surface area contributed by atoms with E-state index in [0.717, 1.165) is 0 Å². The topological polar surface area (TPSA) is 115 Å². The van der Waals surface area contributed by atoms with Crippen molar-refractivity contribution >= 4 is 35.4 Å². The van der Waals surface area contributed by atoms with Crippen molar-refractivity contribution in [2.75, 3.05) is 19.0 Å². The summed E-state index contributed by atoms with van der Waals surface area (Å²) in [5, 5.41) is 6.75. The van der Waals surface area contributed by atoms with Crippen LogP contribution in [0.5, 0.6) is 11.5 Å². The van der Waals surface area contributed by atoms with Crippen molar-refractivity contribution in [2.24, 2.45) is 10.8 Å². The minimum atomic E-state index is -0.766. The van der Waals surface area contributed by atoms with Crippen LogP contribution in [0.2, 0.25) is 5.02 Å². The number of hydrogen-bond donors (Lipinski definition) is 3. The standard InChI is InChI=1S/C17H17ClN4O4/c1-25-15-8-11(9-20-22-17(19)24)6-7-14(15)26-10-16(23)21-13-5-3-2-4-12(13)18/h2-9H,10H2,1H3,(H,21,23)(H3,19,22,24)/b20-9-. The first-order valence-electron chi connectivity index (χ1n) is 7.43. The molecular weight excluding hydrogens is 360 g/mol. The number of carbonyl (C=O) groups is 2. The van der Waals surface area contributed by atoms with E-state index in [1.54, 1.807) is 42.5 Å². The van der Waals surface area contributed by atoms with Gasteiger partial charge >= 0.3 is 6.03 Å². The second-order valence-electron chi connectivity index (χ2n) is 4.96. The van der Waals surface area contributed by atoms with E-state index in [-0.39, 0.29) is 12.5 Å². The Hall–Kier alpha value is -3.26. The van der Waals surface area contributed by atoms with E-state index in [2.05, 4.69) is 15.8 Å². The molecule has 0 saturated carbocycles. The fourth-order valence-electron chi connectivity index (χ4n) is 1.95. The number of nitrogens with two attached hydrogens (primary N) is 1. The van der Waals surface area contributed by atoms with E-state index in [1.165, 1.54) is 13.3 Å². The Bertz CT molecular complexity index is 826. The number of para-hydroxylation sites is 1. The molecule has 0 saturated heterocycles. The van der Waals surface area contributed by atoms with Gasteiger partial charge in [-0.3, -0.25) is 4.79 Å². The molecule has 2 aromatic carbocycles. The summed E-state index contributed by atoms with van der Waals surface area (Å²) in [7, 11) is 1.47. The number of anilines is 1. The molecule has 0 aliphatic carbocycles. The normalized spacial score (nSPS) is 10.4. The smallest absolute Gasteiger partial charge is 0.332 e. The molecule has 0 atom stereocenters. The summed E-state index contributed by atoms with van der Waals surface area (Å²) < 4.78 is 10.7. The van der Waals surface area contributed by atoms with Gasteiger partial charge in [-0.05, 0) is 35.9 Å². The van der Waals surface area contributed by atoms with Gasteiger partial charge < -0.3 is 20.5 Å². The number of primary amides is 1. The molecule has 0 heterocycles. The Morgan fingerprint density at radius 2 is 2.00 bits per heavy atom. The fourth-order valence-corrected chi connectivity index (χ4v) is 2.13. The third-order valence-corrected chi connectivity index (χ3v) is 3.41. The molecule has 0 bridgehead atoms. The zero-order valence-electron chi connectivity index (χ0n) is 13.9. The van der Waals surface area contributed by atoms with Gasteiger partial charge in [0.15, 0.2) is 18.1 Å². The van der Waals surface area contributed by atoms with Crippen molar-refractivity contribution in [3.63, 3.8) is 0 Å². The van der Waals surface area contributed by atoms with Crippen LogP contribution in [0.4, 0.5) is 10.5 Å². The first kappa shape index (κ1) is 19.1. The number of amides is 3. The highest BCUT2D eigenvalue weighted by Crippen LogP contribution is 2.27. The number of benzene rings is 2. The Balaban J connectivity index is 1.98. The number of nitrogens with zero attached hydrogens (tertiary/aromatic N) is 1. The van der Waals surface area contributed by atoms with Crippen molar-refractivity contribution in [1.29, 1.82) is 0 Å². The number of rotatable bonds is 7. The lowest BCUT2D eigenvalue weighted by atomic mass is 10.2. The van der Waals surface area contributed by atoms with E-state index in [9.17, 15) is 9.59 Å². The maximum absolute atomic E-state index is 12.0. The lowest BCUT2D eigenvalue weighted by Crippen LogP contribution is -2.24. The summed E-state index contributed by atoms with van der Waals surface area (Å²) in [5.41, 5.74) is 8.15. The van der Waals surface area contributed by atoms with Crippen LogP contribution in [0.1, 0.15) is 5.56 Å². The summed E-state index contributed by atoms with van der Waals surface area (Å²) in [6.45, 7) is -0.224. The molecule has 136 valence electrons. The highest BCUT2D eigenvalue weighted by Gasteiger charge is 2.10. The molecule has 0 spiro atoms. The van der Waals surface area contributed by atoms with Gasteiger partial charge in [-0.25, -0.2) is 10.2 Å². The van der Waals surface area contributed by atoms with Gasteiger partial charge in [0, 0.05) is 0 Å². The van der Waals surface area contributed by atoms with E-state index in [0.29, 0.717) is 27.8 Å². The summed E-state index contributed by atoms with van der Waals surface area (Å²) in [4.78, 5) is 22.6. The van der Waals surface area contributed by atoms with Crippen molar-refractivity contribution in [3.05, 3.63) is 53.1 Å². The average Bonchev–Trinajstić information content (AvgIpc) is 2.62. The molecule has 3 amide bonds. The minimum Gasteiger partial charge on any atom is -0.493 e. The monoisotopic (exact) mass is 376 g/mol. The largest absolute Gasteiger partial charge is 0.493 e. The number of halogens is 1. The van der Waals surface area contributed by atoms with Gasteiger partial charge in [-0.2, -0.15) is 5.10 Å². The Morgan fingerprint density at radius 1 is 1.23 bits per heavy atom. The van der Waals surface area contributed by atoms with Gasteiger partial charge in [0.05, 0.1) is 24.0 Å². The SMILES string of the molecule is COc1cc(/C=N\NC(N)=O)ccc1OCC(=O)Nc1ccccc1Cl. The molecule has 0 fully saturated rings. The van der Waals surface area contributed by atoms with Crippen molar-refractivity contribution in [3.8, 4) is 11.5 Å². The van der Waals surface area contributed by atoms with E-state index >= 15 is 0 Å². The third-order valence-electron chi connectivity index (χ3n) is 3.08. The zero-order chi connectivity index (χ0) is 18.9. The van der Waals surface area contributed by atoms with Gasteiger partial charge in [0.1, 0.15) is 0 Å². The summed E-state index contributed by atoms with van der Waals surface area (Å²) >= 11 is 5.99. The molecule has 0 aliphatic rings. The quantitative estimate of drug-likeness (QED) is 0.508. The molecule has 0 radical (unpaired) electrons. The second kappa shape index (κ2) is 9.28. The predicted octanol–water partition coefficient (Wildman–Crippen LogP) is 2.37. The maximum atomic E-state index is 12.0. The van der Waals surface area contributed by atoms with E-state index in [4.69, 9.17) is 26.8 Å². The number of urea groups is 1. The van der Waals surface area contributed by atoms with Crippen LogP contribution in [0.3, 0.4) is 0 Å². The fraction of sp³-hybridized carbons (Fsp3) is 0.118. The summed E-state index contributed by atoms with van der Waals surface area (Å²) in [5.74, 6) is 0.414. The number of ether oxygens (including phenoxy) is 2. The predicted molar refractivity (Wildman–Crippen MR) is 98.9 cm³/mol. The molecule has 0 aliphatic heterocycles. The molecular formula is C17H17ClN4O4. The van der Waals surface area contributed by atoms with Crippen LogP contribution in [0.25, 0.3) is 0 Å². The van der Waals surface area contributed by atoms with E-state index < -0.39 is 6.03 Å². The second-order valence-corrected chi connectivity index (χ2v) is 5.37. The zero-order valence-corrected chi connectivity index (χ0v) is 14.6. The highest BCUT2D eigenvalue weighted by molar-refractivity contribution is 6.33. The van der Waals surface area contributed by atoms with Crippen molar-refractivity contribution < 1.29 is 19.1 Å². The number of hydrazone groups is 1. The average molecular weight is 377 g/mol. The molecule has 4 N–H and O–H groups in total.